The molecule has 0 saturated carbocycles. The van der Waals surface area contributed by atoms with Gasteiger partial charge in [0.05, 0.1) is 6.61 Å². The number of aromatic nitrogens is 2. The maximum absolute atomic E-state index is 11.8. The zero-order valence-electron chi connectivity index (χ0n) is 10.2. The van der Waals surface area contributed by atoms with Gasteiger partial charge in [-0.25, -0.2) is 9.78 Å². The minimum atomic E-state index is -1.25. The number of carbonyl (C=O) groups is 1. The highest BCUT2D eigenvalue weighted by Gasteiger charge is 2.19. The second kappa shape index (κ2) is 5.47. The quantitative estimate of drug-likeness (QED) is 0.775. The van der Waals surface area contributed by atoms with Gasteiger partial charge in [-0.3, -0.25) is 9.36 Å². The molecule has 1 rings (SSSR count). The summed E-state index contributed by atoms with van der Waals surface area (Å²) in [7, 11) is 1.53. The molecular weight excluding hydrogens is 224 g/mol. The van der Waals surface area contributed by atoms with Crippen LogP contribution in [0.4, 0.5) is 0 Å². The van der Waals surface area contributed by atoms with Crippen LogP contribution in [-0.4, -0.2) is 27.2 Å². The highest BCUT2D eigenvalue weighted by atomic mass is 16.5. The molecule has 0 fully saturated rings. The van der Waals surface area contributed by atoms with Crippen molar-refractivity contribution < 1.29 is 14.6 Å². The molecule has 0 amide bonds. The van der Waals surface area contributed by atoms with E-state index in [9.17, 15) is 9.59 Å². The first-order valence-electron chi connectivity index (χ1n) is 5.42. The first-order chi connectivity index (χ1) is 7.99. The van der Waals surface area contributed by atoms with E-state index < -0.39 is 11.5 Å². The Morgan fingerprint density at radius 1 is 1.53 bits per heavy atom. The van der Waals surface area contributed by atoms with Gasteiger partial charge in [0.25, 0.3) is 5.56 Å². The first kappa shape index (κ1) is 13.2. The maximum atomic E-state index is 11.8. The largest absolute Gasteiger partial charge is 0.486 e. The van der Waals surface area contributed by atoms with E-state index in [2.05, 4.69) is 4.98 Å². The molecule has 1 heterocycles. The third kappa shape index (κ3) is 2.83. The molecule has 0 aliphatic carbocycles. The zero-order chi connectivity index (χ0) is 13.0. The average Bonchev–Trinajstić information content (AvgIpc) is 2.28. The molecule has 94 valence electrons. The number of hydrogen-bond acceptors (Lipinski definition) is 4. The summed E-state index contributed by atoms with van der Waals surface area (Å²) in [5, 5.41) is 8.97. The van der Waals surface area contributed by atoms with Gasteiger partial charge in [-0.2, -0.15) is 0 Å². The molecule has 0 aliphatic heterocycles. The van der Waals surface area contributed by atoms with Gasteiger partial charge >= 0.3 is 5.97 Å². The molecule has 1 aromatic heterocycles. The van der Waals surface area contributed by atoms with E-state index in [0.29, 0.717) is 12.4 Å². The van der Waals surface area contributed by atoms with Crippen molar-refractivity contribution in [2.24, 2.45) is 7.05 Å². The van der Waals surface area contributed by atoms with Gasteiger partial charge < -0.3 is 9.84 Å². The van der Waals surface area contributed by atoms with E-state index in [-0.39, 0.29) is 11.4 Å². The molecule has 0 bridgehead atoms. The zero-order valence-corrected chi connectivity index (χ0v) is 10.2. The molecule has 1 N–H and O–H groups in total. The Kier molecular flexibility index (Phi) is 4.25. The molecule has 0 unspecified atom stereocenters. The van der Waals surface area contributed by atoms with Crippen LogP contribution in [0.3, 0.4) is 0 Å². The first-order valence-corrected chi connectivity index (χ1v) is 5.42. The molecule has 0 aromatic carbocycles. The minimum Gasteiger partial charge on any atom is -0.486 e. The van der Waals surface area contributed by atoms with Crippen molar-refractivity contribution in [1.29, 1.82) is 0 Å². The number of carboxylic acid groups (broad SMARTS) is 1. The summed E-state index contributed by atoms with van der Waals surface area (Å²) >= 11 is 0. The predicted octanol–water partition coefficient (Wildman–Crippen LogP) is 0.966. The standard InChI is InChI=1S/C11H16N2O4/c1-4-5-6-17-9-8(11(15)16)12-7(2)13(3)10(9)14/h4-6H2,1-3H3,(H,15,16). The number of nitrogens with zero attached hydrogens (tertiary/aromatic N) is 2. The topological polar surface area (TPSA) is 81.4 Å². The van der Waals surface area contributed by atoms with Crippen molar-refractivity contribution in [3.8, 4) is 5.75 Å². The van der Waals surface area contributed by atoms with Crippen LogP contribution in [0.25, 0.3) is 0 Å². The molecule has 0 radical (unpaired) electrons. The Balaban J connectivity index is 3.20. The van der Waals surface area contributed by atoms with E-state index in [1.54, 1.807) is 6.92 Å². The third-order valence-electron chi connectivity index (χ3n) is 2.42. The number of unbranched alkanes of at least 4 members (excludes halogenated alkanes) is 1. The Morgan fingerprint density at radius 3 is 2.71 bits per heavy atom. The fraction of sp³-hybridized carbons (Fsp3) is 0.545. The summed E-state index contributed by atoms with van der Waals surface area (Å²) in [5.74, 6) is -1.09. The molecule has 0 saturated heterocycles. The number of carboxylic acids is 1. The van der Waals surface area contributed by atoms with Crippen LogP contribution in [0.5, 0.6) is 5.75 Å². The highest BCUT2D eigenvalue weighted by molar-refractivity contribution is 5.88. The molecule has 17 heavy (non-hydrogen) atoms. The van der Waals surface area contributed by atoms with Crippen LogP contribution in [0.2, 0.25) is 0 Å². The molecule has 6 heteroatoms. The third-order valence-corrected chi connectivity index (χ3v) is 2.42. The molecule has 0 aliphatic rings. The van der Waals surface area contributed by atoms with Crippen molar-refractivity contribution in [2.45, 2.75) is 26.7 Å². The SMILES string of the molecule is CCCCOc1c(C(=O)O)nc(C)n(C)c1=O. The summed E-state index contributed by atoms with van der Waals surface area (Å²) in [6.07, 6.45) is 1.66. The predicted molar refractivity (Wildman–Crippen MR) is 61.6 cm³/mol. The lowest BCUT2D eigenvalue weighted by Crippen LogP contribution is -2.26. The number of aromatic carboxylic acids is 1. The van der Waals surface area contributed by atoms with Crippen LogP contribution in [0.1, 0.15) is 36.1 Å². The monoisotopic (exact) mass is 240 g/mol. The second-order valence-corrected chi connectivity index (χ2v) is 3.71. The molecular formula is C11H16N2O4. The maximum Gasteiger partial charge on any atom is 0.358 e. The Labute approximate surface area is 98.9 Å². The molecule has 1 aromatic rings. The van der Waals surface area contributed by atoms with Gasteiger partial charge in [0.2, 0.25) is 5.75 Å². The van der Waals surface area contributed by atoms with Crippen LogP contribution in [0.15, 0.2) is 4.79 Å². The summed E-state index contributed by atoms with van der Waals surface area (Å²) in [6, 6.07) is 0. The van der Waals surface area contributed by atoms with Crippen molar-refractivity contribution in [2.75, 3.05) is 6.61 Å². The number of hydrogen-bond donors (Lipinski definition) is 1. The van der Waals surface area contributed by atoms with Crippen LogP contribution in [-0.2, 0) is 7.05 Å². The van der Waals surface area contributed by atoms with Crippen molar-refractivity contribution >= 4 is 5.97 Å². The number of ether oxygens (including phenoxy) is 1. The number of rotatable bonds is 5. The Hall–Kier alpha value is -1.85. The van der Waals surface area contributed by atoms with Crippen LogP contribution < -0.4 is 10.3 Å². The van der Waals surface area contributed by atoms with Crippen molar-refractivity contribution in [1.82, 2.24) is 9.55 Å². The van der Waals surface area contributed by atoms with Crippen LogP contribution in [0, 0.1) is 6.92 Å². The highest BCUT2D eigenvalue weighted by Crippen LogP contribution is 2.11. The second-order valence-electron chi connectivity index (χ2n) is 3.71. The van der Waals surface area contributed by atoms with Gasteiger partial charge in [0.1, 0.15) is 5.82 Å². The van der Waals surface area contributed by atoms with Gasteiger partial charge in [-0.15, -0.1) is 0 Å². The smallest absolute Gasteiger partial charge is 0.358 e. The van der Waals surface area contributed by atoms with Gasteiger partial charge in [0, 0.05) is 7.05 Å². The van der Waals surface area contributed by atoms with Gasteiger partial charge in [-0.1, -0.05) is 13.3 Å². The summed E-state index contributed by atoms with van der Waals surface area (Å²) < 4.78 is 6.50. The van der Waals surface area contributed by atoms with E-state index in [4.69, 9.17) is 9.84 Å². The fourth-order valence-electron chi connectivity index (χ4n) is 1.28. The molecule has 0 spiro atoms. The summed E-state index contributed by atoms with van der Waals surface area (Å²) in [5.41, 5.74) is -0.785. The van der Waals surface area contributed by atoms with E-state index in [0.717, 1.165) is 12.8 Å². The lowest BCUT2D eigenvalue weighted by molar-refractivity contribution is 0.0683. The van der Waals surface area contributed by atoms with E-state index in [1.807, 2.05) is 6.92 Å². The average molecular weight is 240 g/mol. The van der Waals surface area contributed by atoms with Crippen LogP contribution >= 0.6 is 0 Å². The van der Waals surface area contributed by atoms with Crippen molar-refractivity contribution in [3.05, 3.63) is 21.9 Å². The van der Waals surface area contributed by atoms with Gasteiger partial charge in [-0.05, 0) is 13.3 Å². The Morgan fingerprint density at radius 2 is 2.18 bits per heavy atom. The van der Waals surface area contributed by atoms with E-state index in [1.165, 1.54) is 11.6 Å². The molecule has 0 atom stereocenters. The minimum absolute atomic E-state index is 0.181. The number of aryl methyl sites for hydroxylation is 1. The van der Waals surface area contributed by atoms with Gasteiger partial charge in [0.15, 0.2) is 5.69 Å². The summed E-state index contributed by atoms with van der Waals surface area (Å²) in [4.78, 5) is 26.7. The lowest BCUT2D eigenvalue weighted by Gasteiger charge is -2.10. The molecule has 6 nitrogen and oxygen atoms in total. The normalized spacial score (nSPS) is 10.3. The summed E-state index contributed by atoms with van der Waals surface area (Å²) in [6.45, 7) is 3.87. The Bertz CT molecular complexity index is 479. The van der Waals surface area contributed by atoms with Crippen molar-refractivity contribution in [3.63, 3.8) is 0 Å². The fourth-order valence-corrected chi connectivity index (χ4v) is 1.28. The lowest BCUT2D eigenvalue weighted by atomic mass is 10.3. The van der Waals surface area contributed by atoms with E-state index >= 15 is 0 Å².